The highest BCUT2D eigenvalue weighted by molar-refractivity contribution is 4.79. The summed E-state index contributed by atoms with van der Waals surface area (Å²) < 4.78 is 36.6. The number of alkyl halides is 3. The van der Waals surface area contributed by atoms with E-state index in [0.29, 0.717) is 19.4 Å². The van der Waals surface area contributed by atoms with Crippen molar-refractivity contribution in [3.8, 4) is 0 Å². The molecule has 0 amide bonds. The van der Waals surface area contributed by atoms with Crippen molar-refractivity contribution in [2.24, 2.45) is 5.73 Å². The Hall–Kier alpha value is -0.330. The van der Waals surface area contributed by atoms with Crippen molar-refractivity contribution in [1.82, 2.24) is 4.90 Å². The number of halogens is 3. The molecular weight excluding hydrogens is 221 g/mol. The van der Waals surface area contributed by atoms with Gasteiger partial charge in [0.15, 0.2) is 0 Å². The van der Waals surface area contributed by atoms with Gasteiger partial charge >= 0.3 is 6.18 Å². The Morgan fingerprint density at radius 1 is 1.25 bits per heavy atom. The van der Waals surface area contributed by atoms with Crippen LogP contribution < -0.4 is 5.73 Å². The molecule has 6 heteroatoms. The summed E-state index contributed by atoms with van der Waals surface area (Å²) in [6, 6.07) is 0. The van der Waals surface area contributed by atoms with E-state index >= 15 is 0 Å². The highest BCUT2D eigenvalue weighted by atomic mass is 19.4. The van der Waals surface area contributed by atoms with Gasteiger partial charge in [-0.05, 0) is 26.3 Å². The van der Waals surface area contributed by atoms with Crippen LogP contribution in [0.15, 0.2) is 0 Å². The molecule has 0 saturated heterocycles. The second-order valence-corrected chi connectivity index (χ2v) is 4.45. The van der Waals surface area contributed by atoms with Crippen molar-refractivity contribution in [3.05, 3.63) is 0 Å². The molecule has 0 aromatic rings. The minimum absolute atomic E-state index is 0.223. The molecule has 0 rings (SSSR count). The molecule has 16 heavy (non-hydrogen) atoms. The van der Waals surface area contributed by atoms with Crippen molar-refractivity contribution >= 4 is 0 Å². The fourth-order valence-corrected chi connectivity index (χ4v) is 1.33. The maximum absolute atomic E-state index is 12.2. The van der Waals surface area contributed by atoms with E-state index in [9.17, 15) is 13.2 Å². The van der Waals surface area contributed by atoms with Gasteiger partial charge in [-0.1, -0.05) is 6.92 Å². The summed E-state index contributed by atoms with van der Waals surface area (Å²) in [6.45, 7) is 2.96. The zero-order valence-electron chi connectivity index (χ0n) is 9.85. The topological polar surface area (TPSA) is 49.5 Å². The van der Waals surface area contributed by atoms with Gasteiger partial charge in [-0.2, -0.15) is 13.2 Å². The Morgan fingerprint density at radius 2 is 1.81 bits per heavy atom. The van der Waals surface area contributed by atoms with Gasteiger partial charge in [0.05, 0.1) is 13.2 Å². The molecule has 0 aliphatic rings. The molecule has 0 saturated carbocycles. The molecule has 0 aromatic carbocycles. The van der Waals surface area contributed by atoms with Crippen molar-refractivity contribution in [2.75, 3.05) is 26.2 Å². The van der Waals surface area contributed by atoms with E-state index in [-0.39, 0.29) is 13.2 Å². The lowest BCUT2D eigenvalue weighted by atomic mass is 10.0. The standard InChI is InChI=1S/C10H21F3N2O/c1-3-5-15(7-10(11,12)13)6-4-9(2,14)8-16/h16H,3-8,14H2,1-2H3. The average molecular weight is 242 g/mol. The first-order valence-electron chi connectivity index (χ1n) is 5.39. The molecule has 0 aromatic heterocycles. The molecule has 0 radical (unpaired) electrons. The molecule has 1 atom stereocenters. The predicted molar refractivity (Wildman–Crippen MR) is 57.1 cm³/mol. The minimum atomic E-state index is -4.18. The Kier molecular flexibility index (Phi) is 6.28. The first-order valence-corrected chi connectivity index (χ1v) is 5.39. The fourth-order valence-electron chi connectivity index (χ4n) is 1.33. The smallest absolute Gasteiger partial charge is 0.394 e. The molecule has 0 bridgehead atoms. The third kappa shape index (κ3) is 7.90. The second kappa shape index (κ2) is 6.42. The van der Waals surface area contributed by atoms with E-state index in [2.05, 4.69) is 0 Å². The van der Waals surface area contributed by atoms with Gasteiger partial charge in [-0.15, -0.1) is 0 Å². The van der Waals surface area contributed by atoms with E-state index in [1.165, 1.54) is 4.90 Å². The molecule has 98 valence electrons. The molecule has 3 N–H and O–H groups in total. The molecule has 1 unspecified atom stereocenters. The van der Waals surface area contributed by atoms with Crippen LogP contribution in [-0.4, -0.2) is 48.0 Å². The van der Waals surface area contributed by atoms with Crippen molar-refractivity contribution in [1.29, 1.82) is 0 Å². The minimum Gasteiger partial charge on any atom is -0.394 e. The summed E-state index contributed by atoms with van der Waals surface area (Å²) in [6.07, 6.45) is -3.17. The lowest BCUT2D eigenvalue weighted by Crippen LogP contribution is -2.45. The van der Waals surface area contributed by atoms with Crippen LogP contribution in [0.1, 0.15) is 26.7 Å². The maximum atomic E-state index is 12.2. The van der Waals surface area contributed by atoms with Crippen LogP contribution in [0.4, 0.5) is 13.2 Å². The molecule has 3 nitrogen and oxygen atoms in total. The predicted octanol–water partition coefficient (Wildman–Crippen LogP) is 1.36. The highest BCUT2D eigenvalue weighted by Gasteiger charge is 2.31. The number of hydrogen-bond acceptors (Lipinski definition) is 3. The summed E-state index contributed by atoms with van der Waals surface area (Å²) in [5.41, 5.74) is 4.86. The first-order chi connectivity index (χ1) is 7.20. The molecule has 0 spiro atoms. The summed E-state index contributed by atoms with van der Waals surface area (Å²) in [4.78, 5) is 1.32. The van der Waals surface area contributed by atoms with Gasteiger partial charge in [-0.3, -0.25) is 4.90 Å². The van der Waals surface area contributed by atoms with E-state index < -0.39 is 18.3 Å². The first kappa shape index (κ1) is 15.7. The van der Waals surface area contributed by atoms with Gasteiger partial charge in [0.2, 0.25) is 0 Å². The van der Waals surface area contributed by atoms with Crippen LogP contribution in [0.2, 0.25) is 0 Å². The summed E-state index contributed by atoms with van der Waals surface area (Å²) in [5.74, 6) is 0. The van der Waals surface area contributed by atoms with Crippen molar-refractivity contribution < 1.29 is 18.3 Å². The number of hydrogen-bond donors (Lipinski definition) is 2. The van der Waals surface area contributed by atoms with Gasteiger partial charge in [0.25, 0.3) is 0 Å². The maximum Gasteiger partial charge on any atom is 0.401 e. The van der Waals surface area contributed by atoms with Gasteiger partial charge < -0.3 is 10.8 Å². The Labute approximate surface area is 94.4 Å². The van der Waals surface area contributed by atoms with E-state index in [1.807, 2.05) is 6.92 Å². The number of rotatable bonds is 7. The van der Waals surface area contributed by atoms with E-state index in [0.717, 1.165) is 0 Å². The third-order valence-corrected chi connectivity index (χ3v) is 2.30. The zero-order valence-corrected chi connectivity index (χ0v) is 9.85. The summed E-state index contributed by atoms with van der Waals surface area (Å²) in [7, 11) is 0. The average Bonchev–Trinajstić information content (AvgIpc) is 2.13. The number of nitrogens with zero attached hydrogens (tertiary/aromatic N) is 1. The Balaban J connectivity index is 4.14. The molecule has 0 heterocycles. The Morgan fingerprint density at radius 3 is 2.19 bits per heavy atom. The molecule has 0 aliphatic carbocycles. The van der Waals surface area contributed by atoms with E-state index in [1.54, 1.807) is 6.92 Å². The highest BCUT2D eigenvalue weighted by Crippen LogP contribution is 2.17. The van der Waals surface area contributed by atoms with Crippen LogP contribution in [0, 0.1) is 0 Å². The monoisotopic (exact) mass is 242 g/mol. The quantitative estimate of drug-likeness (QED) is 0.708. The van der Waals surface area contributed by atoms with Gasteiger partial charge in [0, 0.05) is 12.1 Å². The second-order valence-electron chi connectivity index (χ2n) is 4.45. The number of nitrogens with two attached hydrogens (primary N) is 1. The van der Waals surface area contributed by atoms with Gasteiger partial charge in [0.1, 0.15) is 0 Å². The lowest BCUT2D eigenvalue weighted by Gasteiger charge is -2.28. The van der Waals surface area contributed by atoms with Crippen LogP contribution in [-0.2, 0) is 0 Å². The summed E-state index contributed by atoms with van der Waals surface area (Å²) >= 11 is 0. The van der Waals surface area contributed by atoms with Crippen LogP contribution >= 0.6 is 0 Å². The van der Waals surface area contributed by atoms with Crippen LogP contribution in [0.5, 0.6) is 0 Å². The molecule has 0 fully saturated rings. The normalized spacial score (nSPS) is 16.5. The van der Waals surface area contributed by atoms with Crippen LogP contribution in [0.25, 0.3) is 0 Å². The number of aliphatic hydroxyl groups excluding tert-OH is 1. The van der Waals surface area contributed by atoms with E-state index in [4.69, 9.17) is 10.8 Å². The Bertz CT molecular complexity index is 195. The molecule has 0 aliphatic heterocycles. The largest absolute Gasteiger partial charge is 0.401 e. The van der Waals surface area contributed by atoms with Gasteiger partial charge in [-0.25, -0.2) is 0 Å². The fraction of sp³-hybridized carbons (Fsp3) is 1.00. The zero-order chi connectivity index (χ0) is 12.8. The van der Waals surface area contributed by atoms with Crippen LogP contribution in [0.3, 0.4) is 0 Å². The van der Waals surface area contributed by atoms with Crippen molar-refractivity contribution in [3.63, 3.8) is 0 Å². The molecular formula is C10H21F3N2O. The summed E-state index contributed by atoms with van der Waals surface area (Å²) in [5, 5.41) is 8.90. The lowest BCUT2D eigenvalue weighted by molar-refractivity contribution is -0.146. The van der Waals surface area contributed by atoms with Crippen molar-refractivity contribution in [2.45, 2.75) is 38.4 Å². The third-order valence-electron chi connectivity index (χ3n) is 2.30. The number of aliphatic hydroxyl groups is 1. The SMILES string of the molecule is CCCN(CCC(C)(N)CO)CC(F)(F)F.